The average Bonchev–Trinajstić information content (AvgIpc) is 2.73. The molecule has 0 spiro atoms. The third-order valence-corrected chi connectivity index (χ3v) is 5.00. The molecular formula is C24H15BrF4N2O. The second-order valence-corrected chi connectivity index (χ2v) is 7.77. The average molecular weight is 503 g/mol. The summed E-state index contributed by atoms with van der Waals surface area (Å²) in [7, 11) is 0. The predicted molar refractivity (Wildman–Crippen MR) is 117 cm³/mol. The molecule has 0 radical (unpaired) electrons. The van der Waals surface area contributed by atoms with Crippen LogP contribution in [-0.2, 0) is 17.4 Å². The summed E-state index contributed by atoms with van der Waals surface area (Å²) in [6.45, 7) is 0. The highest BCUT2D eigenvalue weighted by atomic mass is 79.9. The van der Waals surface area contributed by atoms with E-state index in [4.69, 9.17) is 0 Å². The van der Waals surface area contributed by atoms with Crippen molar-refractivity contribution in [1.82, 2.24) is 0 Å². The van der Waals surface area contributed by atoms with Gasteiger partial charge < -0.3 is 5.32 Å². The minimum absolute atomic E-state index is 0.0831. The third-order valence-electron chi connectivity index (χ3n) is 4.50. The molecule has 8 heteroatoms. The lowest BCUT2D eigenvalue weighted by Crippen LogP contribution is -2.14. The van der Waals surface area contributed by atoms with Crippen LogP contribution in [0.4, 0.5) is 23.2 Å². The first-order valence-electron chi connectivity index (χ1n) is 9.29. The Bertz CT molecular complexity index is 1230. The number of hydrogen-bond acceptors (Lipinski definition) is 2. The van der Waals surface area contributed by atoms with Gasteiger partial charge in [0.15, 0.2) is 0 Å². The molecule has 3 aromatic carbocycles. The SMILES string of the molecule is N#C/C(=C\c1cc(Br)ccc1Cc1cccc(F)c1)C(=O)Nc1cccc(C(F)(F)F)c1. The molecule has 0 heterocycles. The monoisotopic (exact) mass is 502 g/mol. The van der Waals surface area contributed by atoms with Crippen molar-refractivity contribution in [2.75, 3.05) is 5.32 Å². The summed E-state index contributed by atoms with van der Waals surface area (Å²) in [4.78, 5) is 12.6. The Morgan fingerprint density at radius 3 is 2.50 bits per heavy atom. The van der Waals surface area contributed by atoms with Gasteiger partial charge in [-0.05, 0) is 71.7 Å². The van der Waals surface area contributed by atoms with E-state index in [1.807, 2.05) is 0 Å². The number of rotatable bonds is 5. The molecule has 0 atom stereocenters. The van der Waals surface area contributed by atoms with Gasteiger partial charge in [-0.25, -0.2) is 4.39 Å². The van der Waals surface area contributed by atoms with Crippen LogP contribution >= 0.6 is 15.9 Å². The largest absolute Gasteiger partial charge is 0.416 e. The quantitative estimate of drug-likeness (QED) is 0.238. The van der Waals surface area contributed by atoms with Crippen LogP contribution in [0.25, 0.3) is 6.08 Å². The molecule has 0 bridgehead atoms. The third kappa shape index (κ3) is 6.05. The lowest BCUT2D eigenvalue weighted by Gasteiger charge is -2.10. The number of alkyl halides is 3. The van der Waals surface area contributed by atoms with Gasteiger partial charge >= 0.3 is 6.18 Å². The summed E-state index contributed by atoms with van der Waals surface area (Å²) < 4.78 is 52.9. The Labute approximate surface area is 190 Å². The second-order valence-electron chi connectivity index (χ2n) is 6.85. The summed E-state index contributed by atoms with van der Waals surface area (Å²) in [5.74, 6) is -1.22. The van der Waals surface area contributed by atoms with E-state index in [0.29, 0.717) is 22.0 Å². The number of nitrogens with one attached hydrogen (secondary N) is 1. The Kier molecular flexibility index (Phi) is 7.11. The minimum atomic E-state index is -4.56. The van der Waals surface area contributed by atoms with Gasteiger partial charge in [0.2, 0.25) is 0 Å². The maximum Gasteiger partial charge on any atom is 0.416 e. The number of halogens is 5. The van der Waals surface area contributed by atoms with Gasteiger partial charge in [0.05, 0.1) is 5.56 Å². The molecule has 162 valence electrons. The molecule has 1 amide bonds. The Morgan fingerprint density at radius 1 is 1.06 bits per heavy atom. The zero-order valence-corrected chi connectivity index (χ0v) is 18.0. The summed E-state index contributed by atoms with van der Waals surface area (Å²) in [6, 6.07) is 17.2. The van der Waals surface area contributed by atoms with Crippen molar-refractivity contribution in [2.24, 2.45) is 0 Å². The van der Waals surface area contributed by atoms with Crippen molar-refractivity contribution in [3.63, 3.8) is 0 Å². The number of hydrogen-bond donors (Lipinski definition) is 1. The van der Waals surface area contributed by atoms with Gasteiger partial charge in [0.25, 0.3) is 5.91 Å². The fourth-order valence-electron chi connectivity index (χ4n) is 3.00. The van der Waals surface area contributed by atoms with Crippen molar-refractivity contribution in [2.45, 2.75) is 12.6 Å². The highest BCUT2D eigenvalue weighted by Crippen LogP contribution is 2.31. The van der Waals surface area contributed by atoms with E-state index in [2.05, 4.69) is 21.2 Å². The number of benzene rings is 3. The van der Waals surface area contributed by atoms with Crippen molar-refractivity contribution in [3.8, 4) is 6.07 Å². The van der Waals surface area contributed by atoms with Crippen LogP contribution in [0.15, 0.2) is 76.8 Å². The summed E-state index contributed by atoms with van der Waals surface area (Å²) >= 11 is 3.34. The maximum atomic E-state index is 13.5. The second kappa shape index (κ2) is 9.79. The molecule has 3 aromatic rings. The molecule has 3 nitrogen and oxygen atoms in total. The van der Waals surface area contributed by atoms with Gasteiger partial charge in [0, 0.05) is 10.2 Å². The molecule has 0 aliphatic carbocycles. The van der Waals surface area contributed by atoms with Crippen molar-refractivity contribution in [3.05, 3.63) is 105 Å². The van der Waals surface area contributed by atoms with Crippen LogP contribution in [0, 0.1) is 17.1 Å². The Hall–Kier alpha value is -3.44. The summed E-state index contributed by atoms with van der Waals surface area (Å²) in [5.41, 5.74) is 0.690. The molecule has 0 aliphatic heterocycles. The first kappa shape index (κ1) is 23.2. The number of amides is 1. The van der Waals surface area contributed by atoms with Crippen LogP contribution in [0.1, 0.15) is 22.3 Å². The van der Waals surface area contributed by atoms with Crippen LogP contribution < -0.4 is 5.32 Å². The standard InChI is InChI=1S/C24H15BrF4N2O/c25-20-8-7-16(9-15-3-1-5-21(26)10-15)17(12-20)11-18(14-30)23(32)31-22-6-2-4-19(13-22)24(27,28)29/h1-8,10-13H,9H2,(H,31,32)/b18-11+. The number of nitriles is 1. The first-order chi connectivity index (χ1) is 15.2. The molecule has 0 saturated heterocycles. The Morgan fingerprint density at radius 2 is 1.81 bits per heavy atom. The van der Waals surface area contributed by atoms with Crippen molar-refractivity contribution < 1.29 is 22.4 Å². The zero-order valence-electron chi connectivity index (χ0n) is 16.4. The van der Waals surface area contributed by atoms with E-state index in [9.17, 15) is 27.6 Å². The molecule has 1 N–H and O–H groups in total. The van der Waals surface area contributed by atoms with Crippen LogP contribution in [0.5, 0.6) is 0 Å². The fourth-order valence-corrected chi connectivity index (χ4v) is 3.38. The van der Waals surface area contributed by atoms with Crippen LogP contribution in [-0.4, -0.2) is 5.91 Å². The molecular weight excluding hydrogens is 488 g/mol. The molecule has 32 heavy (non-hydrogen) atoms. The van der Waals surface area contributed by atoms with E-state index in [1.165, 1.54) is 30.3 Å². The Balaban J connectivity index is 1.90. The van der Waals surface area contributed by atoms with Crippen LogP contribution in [0.2, 0.25) is 0 Å². The van der Waals surface area contributed by atoms with E-state index < -0.39 is 17.6 Å². The predicted octanol–water partition coefficient (Wildman–Crippen LogP) is 6.74. The maximum absolute atomic E-state index is 13.5. The van der Waals surface area contributed by atoms with Crippen LogP contribution in [0.3, 0.4) is 0 Å². The zero-order chi connectivity index (χ0) is 23.3. The summed E-state index contributed by atoms with van der Waals surface area (Å²) in [6.07, 6.45) is -2.86. The number of nitrogens with zero attached hydrogens (tertiary/aromatic N) is 1. The van der Waals surface area contributed by atoms with E-state index in [-0.39, 0.29) is 17.1 Å². The lowest BCUT2D eigenvalue weighted by molar-refractivity contribution is -0.137. The van der Waals surface area contributed by atoms with Crippen molar-refractivity contribution in [1.29, 1.82) is 5.26 Å². The summed E-state index contributed by atoms with van der Waals surface area (Å²) in [5, 5.41) is 11.8. The van der Waals surface area contributed by atoms with Gasteiger partial charge in [-0.1, -0.05) is 40.2 Å². The van der Waals surface area contributed by atoms with Gasteiger partial charge in [-0.3, -0.25) is 4.79 Å². The van der Waals surface area contributed by atoms with Gasteiger partial charge in [-0.15, -0.1) is 0 Å². The molecule has 0 fully saturated rings. The van der Waals surface area contributed by atoms with E-state index in [0.717, 1.165) is 17.7 Å². The van der Waals surface area contributed by atoms with Gasteiger partial charge in [-0.2, -0.15) is 18.4 Å². The first-order valence-corrected chi connectivity index (χ1v) is 10.1. The van der Waals surface area contributed by atoms with E-state index >= 15 is 0 Å². The fraction of sp³-hybridized carbons (Fsp3) is 0.0833. The topological polar surface area (TPSA) is 52.9 Å². The normalized spacial score (nSPS) is 11.7. The molecule has 0 aliphatic rings. The lowest BCUT2D eigenvalue weighted by atomic mass is 9.98. The highest BCUT2D eigenvalue weighted by Gasteiger charge is 2.30. The smallest absolute Gasteiger partial charge is 0.321 e. The highest BCUT2D eigenvalue weighted by molar-refractivity contribution is 9.10. The number of carbonyl (C=O) groups is 1. The number of carbonyl (C=O) groups excluding carboxylic acids is 1. The van der Waals surface area contributed by atoms with Crippen molar-refractivity contribution >= 4 is 33.6 Å². The number of anilines is 1. The molecule has 0 saturated carbocycles. The van der Waals surface area contributed by atoms with E-state index in [1.54, 1.807) is 36.4 Å². The van der Waals surface area contributed by atoms with Gasteiger partial charge in [0.1, 0.15) is 17.5 Å². The minimum Gasteiger partial charge on any atom is -0.321 e. The molecule has 0 aromatic heterocycles. The molecule has 3 rings (SSSR count). The molecule has 0 unspecified atom stereocenters.